The standard InChI is InChI=1S/C21H25N5OS2/c1-13-4-6-26(7-5-13)21-25-19-18(29-21)20(23-12-22-19)28-11-17(27)24-16-9-14(2)8-15(3)10-16/h8-10,12-13H,4-7,11H2,1-3H3,(H,24,27). The van der Waals surface area contributed by atoms with E-state index in [1.165, 1.54) is 30.9 Å². The molecule has 0 unspecified atom stereocenters. The third kappa shape index (κ3) is 4.87. The number of aromatic nitrogens is 3. The molecule has 8 heteroatoms. The maximum Gasteiger partial charge on any atom is 0.234 e. The van der Waals surface area contributed by atoms with Gasteiger partial charge in [-0.05, 0) is 55.9 Å². The highest BCUT2D eigenvalue weighted by atomic mass is 32.2. The average Bonchev–Trinajstić information content (AvgIpc) is 3.11. The number of carbonyl (C=O) groups excluding carboxylic acids is 1. The van der Waals surface area contributed by atoms with Gasteiger partial charge in [0.15, 0.2) is 10.8 Å². The van der Waals surface area contributed by atoms with Crippen molar-refractivity contribution in [3.8, 4) is 0 Å². The summed E-state index contributed by atoms with van der Waals surface area (Å²) in [6.45, 7) is 8.43. The van der Waals surface area contributed by atoms with Gasteiger partial charge in [0, 0.05) is 18.8 Å². The van der Waals surface area contributed by atoms with Crippen molar-refractivity contribution >= 4 is 50.2 Å². The molecule has 152 valence electrons. The molecule has 1 fully saturated rings. The van der Waals surface area contributed by atoms with Crippen LogP contribution in [0.25, 0.3) is 10.3 Å². The summed E-state index contributed by atoms with van der Waals surface area (Å²) in [7, 11) is 0. The van der Waals surface area contributed by atoms with E-state index in [-0.39, 0.29) is 5.91 Å². The van der Waals surface area contributed by atoms with Crippen LogP contribution in [0, 0.1) is 19.8 Å². The topological polar surface area (TPSA) is 71.0 Å². The maximum atomic E-state index is 12.4. The molecule has 1 aliphatic heterocycles. The van der Waals surface area contributed by atoms with Crippen LogP contribution >= 0.6 is 23.1 Å². The SMILES string of the molecule is Cc1cc(C)cc(NC(=O)CSc2ncnc3nc(N4CCC(C)CC4)sc23)c1. The highest BCUT2D eigenvalue weighted by Gasteiger charge is 2.20. The number of thioether (sulfide) groups is 1. The van der Waals surface area contributed by atoms with Crippen LogP contribution in [0.3, 0.4) is 0 Å². The number of benzene rings is 1. The van der Waals surface area contributed by atoms with E-state index in [1.54, 1.807) is 11.3 Å². The van der Waals surface area contributed by atoms with E-state index >= 15 is 0 Å². The molecular formula is C21H25N5OS2. The lowest BCUT2D eigenvalue weighted by atomic mass is 10.00. The number of fused-ring (bicyclic) bond motifs is 1. The second-order valence-electron chi connectivity index (χ2n) is 7.71. The first-order chi connectivity index (χ1) is 14.0. The van der Waals surface area contributed by atoms with E-state index in [0.717, 1.165) is 56.3 Å². The van der Waals surface area contributed by atoms with E-state index in [4.69, 9.17) is 4.98 Å². The highest BCUT2D eigenvalue weighted by molar-refractivity contribution is 8.00. The minimum absolute atomic E-state index is 0.0403. The molecular weight excluding hydrogens is 402 g/mol. The van der Waals surface area contributed by atoms with Gasteiger partial charge in [-0.3, -0.25) is 4.79 Å². The number of thiazole rings is 1. The summed E-state index contributed by atoms with van der Waals surface area (Å²) in [6, 6.07) is 6.05. The Morgan fingerprint density at radius 1 is 1.21 bits per heavy atom. The van der Waals surface area contributed by atoms with E-state index < -0.39 is 0 Å². The molecule has 2 aromatic heterocycles. The van der Waals surface area contributed by atoms with Crippen molar-refractivity contribution in [2.45, 2.75) is 38.6 Å². The van der Waals surface area contributed by atoms with Crippen LogP contribution in [-0.4, -0.2) is 39.7 Å². The van der Waals surface area contributed by atoms with Crippen molar-refractivity contribution in [3.05, 3.63) is 35.7 Å². The monoisotopic (exact) mass is 427 g/mol. The van der Waals surface area contributed by atoms with Crippen LogP contribution in [0.1, 0.15) is 30.9 Å². The Morgan fingerprint density at radius 3 is 2.66 bits per heavy atom. The van der Waals surface area contributed by atoms with Crippen molar-refractivity contribution in [2.75, 3.05) is 29.1 Å². The van der Waals surface area contributed by atoms with Crippen LogP contribution in [0.4, 0.5) is 10.8 Å². The molecule has 0 saturated carbocycles. The first-order valence-electron chi connectivity index (χ1n) is 9.85. The fraction of sp³-hybridized carbons (Fsp3) is 0.429. The first kappa shape index (κ1) is 20.1. The minimum atomic E-state index is -0.0403. The van der Waals surface area contributed by atoms with Gasteiger partial charge in [-0.2, -0.15) is 4.98 Å². The number of hydrogen-bond acceptors (Lipinski definition) is 7. The average molecular weight is 428 g/mol. The molecule has 1 N–H and O–H groups in total. The Morgan fingerprint density at radius 2 is 1.93 bits per heavy atom. The Kier molecular flexibility index (Phi) is 6.01. The normalized spacial score (nSPS) is 15.1. The second kappa shape index (κ2) is 8.67. The second-order valence-corrected chi connectivity index (χ2v) is 9.65. The van der Waals surface area contributed by atoms with E-state index in [1.807, 2.05) is 26.0 Å². The molecule has 1 aromatic carbocycles. The Labute approximate surface area is 179 Å². The Bertz CT molecular complexity index is 1010. The summed E-state index contributed by atoms with van der Waals surface area (Å²) in [4.78, 5) is 28.2. The molecule has 1 amide bonds. The molecule has 3 heterocycles. The summed E-state index contributed by atoms with van der Waals surface area (Å²) in [5.74, 6) is 1.04. The number of carbonyl (C=O) groups is 1. The van der Waals surface area contributed by atoms with E-state index in [9.17, 15) is 4.79 Å². The predicted molar refractivity (Wildman–Crippen MR) is 121 cm³/mol. The fourth-order valence-electron chi connectivity index (χ4n) is 3.54. The lowest BCUT2D eigenvalue weighted by Gasteiger charge is -2.29. The van der Waals surface area contributed by atoms with Crippen molar-refractivity contribution in [1.29, 1.82) is 0 Å². The largest absolute Gasteiger partial charge is 0.348 e. The molecule has 1 saturated heterocycles. The predicted octanol–water partition coefficient (Wildman–Crippen LogP) is 4.67. The third-order valence-corrected chi connectivity index (χ3v) is 7.28. The quantitative estimate of drug-likeness (QED) is 0.471. The number of rotatable bonds is 5. The molecule has 0 bridgehead atoms. The number of hydrogen-bond donors (Lipinski definition) is 1. The minimum Gasteiger partial charge on any atom is -0.348 e. The van der Waals surface area contributed by atoms with Crippen molar-refractivity contribution < 1.29 is 4.79 Å². The third-order valence-electron chi connectivity index (χ3n) is 5.05. The molecule has 1 aliphatic rings. The van der Waals surface area contributed by atoms with Crippen LogP contribution in [0.15, 0.2) is 29.6 Å². The van der Waals surface area contributed by atoms with E-state index in [2.05, 4.69) is 33.2 Å². The molecule has 29 heavy (non-hydrogen) atoms. The zero-order chi connectivity index (χ0) is 20.4. The molecule has 0 radical (unpaired) electrons. The fourth-order valence-corrected chi connectivity index (χ4v) is 5.48. The smallest absolute Gasteiger partial charge is 0.234 e. The zero-order valence-corrected chi connectivity index (χ0v) is 18.6. The number of amides is 1. The van der Waals surface area contributed by atoms with Crippen LogP contribution in [0.2, 0.25) is 0 Å². The first-order valence-corrected chi connectivity index (χ1v) is 11.7. The van der Waals surface area contributed by atoms with Crippen molar-refractivity contribution in [3.63, 3.8) is 0 Å². The molecule has 0 atom stereocenters. The van der Waals surface area contributed by atoms with Gasteiger partial charge in [-0.15, -0.1) is 0 Å². The van der Waals surface area contributed by atoms with Crippen molar-refractivity contribution in [2.24, 2.45) is 5.92 Å². The van der Waals surface area contributed by atoms with Gasteiger partial charge in [0.25, 0.3) is 0 Å². The maximum absolute atomic E-state index is 12.4. The molecule has 0 aliphatic carbocycles. The number of nitrogens with zero attached hydrogens (tertiary/aromatic N) is 4. The van der Waals surface area contributed by atoms with Gasteiger partial charge in [-0.1, -0.05) is 36.1 Å². The lowest BCUT2D eigenvalue weighted by molar-refractivity contribution is -0.113. The summed E-state index contributed by atoms with van der Waals surface area (Å²) < 4.78 is 0.963. The van der Waals surface area contributed by atoms with Crippen LogP contribution < -0.4 is 10.2 Å². The van der Waals surface area contributed by atoms with Gasteiger partial charge >= 0.3 is 0 Å². The van der Waals surface area contributed by atoms with Gasteiger partial charge in [0.05, 0.1) is 5.75 Å². The van der Waals surface area contributed by atoms with E-state index in [0.29, 0.717) is 5.75 Å². The van der Waals surface area contributed by atoms with Crippen LogP contribution in [-0.2, 0) is 4.79 Å². The Balaban J connectivity index is 1.44. The van der Waals surface area contributed by atoms with Gasteiger partial charge in [0.1, 0.15) is 16.1 Å². The zero-order valence-electron chi connectivity index (χ0n) is 16.9. The molecule has 6 nitrogen and oxygen atoms in total. The van der Waals surface area contributed by atoms with Gasteiger partial charge in [-0.25, -0.2) is 9.97 Å². The number of nitrogens with one attached hydrogen (secondary N) is 1. The van der Waals surface area contributed by atoms with Gasteiger partial charge < -0.3 is 10.2 Å². The highest BCUT2D eigenvalue weighted by Crippen LogP contribution is 2.35. The summed E-state index contributed by atoms with van der Waals surface area (Å²) >= 11 is 3.06. The molecule has 3 aromatic rings. The number of aryl methyl sites for hydroxylation is 2. The number of piperidine rings is 1. The molecule has 0 spiro atoms. The Hall–Kier alpha value is -2.19. The lowest BCUT2D eigenvalue weighted by Crippen LogP contribution is -2.32. The summed E-state index contributed by atoms with van der Waals surface area (Å²) in [5, 5.41) is 4.81. The molecule has 4 rings (SSSR count). The van der Waals surface area contributed by atoms with Gasteiger partial charge in [0.2, 0.25) is 5.91 Å². The summed E-state index contributed by atoms with van der Waals surface area (Å²) in [6.07, 6.45) is 3.93. The van der Waals surface area contributed by atoms with Crippen LogP contribution in [0.5, 0.6) is 0 Å². The summed E-state index contributed by atoms with van der Waals surface area (Å²) in [5.41, 5.74) is 3.82. The number of anilines is 2. The van der Waals surface area contributed by atoms with Crippen molar-refractivity contribution in [1.82, 2.24) is 15.0 Å².